The van der Waals surface area contributed by atoms with Crippen LogP contribution in [0.1, 0.15) is 49.9 Å². The normalized spacial score (nSPS) is 11.4. The SMILES string of the molecule is CCCCOC(=O)c1ccc(Cl)c(S(=O)(=O)CCCC)c1. The zero-order chi connectivity index (χ0) is 15.9. The summed E-state index contributed by atoms with van der Waals surface area (Å²) >= 11 is 5.96. The van der Waals surface area contributed by atoms with Crippen LogP contribution in [0.2, 0.25) is 5.02 Å². The number of carbonyl (C=O) groups is 1. The van der Waals surface area contributed by atoms with Crippen LogP contribution < -0.4 is 0 Å². The highest BCUT2D eigenvalue weighted by atomic mass is 35.5. The maximum atomic E-state index is 12.2. The van der Waals surface area contributed by atoms with Gasteiger partial charge in [-0.25, -0.2) is 13.2 Å². The first-order chi connectivity index (χ1) is 9.92. The third-order valence-electron chi connectivity index (χ3n) is 3.00. The van der Waals surface area contributed by atoms with Crippen LogP contribution >= 0.6 is 11.6 Å². The second kappa shape index (κ2) is 8.39. The summed E-state index contributed by atoms with van der Waals surface area (Å²) in [5.74, 6) is -0.496. The minimum atomic E-state index is -3.47. The molecule has 0 radical (unpaired) electrons. The van der Waals surface area contributed by atoms with E-state index in [1.807, 2.05) is 13.8 Å². The summed E-state index contributed by atoms with van der Waals surface area (Å²) in [5.41, 5.74) is 0.213. The Morgan fingerprint density at radius 3 is 2.48 bits per heavy atom. The van der Waals surface area contributed by atoms with Crippen LogP contribution in [0.25, 0.3) is 0 Å². The third kappa shape index (κ3) is 5.32. The van der Waals surface area contributed by atoms with Crippen LogP contribution in [-0.4, -0.2) is 26.7 Å². The Bertz CT molecular complexity index is 581. The number of ether oxygens (including phenoxy) is 1. The average Bonchev–Trinajstić information content (AvgIpc) is 2.45. The quantitative estimate of drug-likeness (QED) is 0.535. The molecule has 0 heterocycles. The molecule has 1 aromatic carbocycles. The van der Waals surface area contributed by atoms with Gasteiger partial charge in [0, 0.05) is 0 Å². The van der Waals surface area contributed by atoms with E-state index in [9.17, 15) is 13.2 Å². The van der Waals surface area contributed by atoms with Gasteiger partial charge in [-0.3, -0.25) is 0 Å². The molecular weight excluding hydrogens is 312 g/mol. The van der Waals surface area contributed by atoms with Gasteiger partial charge in [-0.15, -0.1) is 0 Å². The number of hydrogen-bond donors (Lipinski definition) is 0. The minimum Gasteiger partial charge on any atom is -0.462 e. The molecule has 0 amide bonds. The molecule has 0 bridgehead atoms. The fraction of sp³-hybridized carbons (Fsp3) is 0.533. The Labute approximate surface area is 131 Å². The zero-order valence-corrected chi connectivity index (χ0v) is 14.0. The van der Waals surface area contributed by atoms with E-state index in [2.05, 4.69) is 0 Å². The van der Waals surface area contributed by atoms with Crippen molar-refractivity contribution in [3.05, 3.63) is 28.8 Å². The number of esters is 1. The molecule has 0 N–H and O–H groups in total. The molecule has 0 atom stereocenters. The van der Waals surface area contributed by atoms with Crippen LogP contribution in [0, 0.1) is 0 Å². The van der Waals surface area contributed by atoms with Gasteiger partial charge in [-0.2, -0.15) is 0 Å². The molecule has 0 saturated carbocycles. The van der Waals surface area contributed by atoms with Crippen LogP contribution in [0.4, 0.5) is 0 Å². The van der Waals surface area contributed by atoms with Gasteiger partial charge in [0.2, 0.25) is 0 Å². The van der Waals surface area contributed by atoms with Crippen LogP contribution in [-0.2, 0) is 14.6 Å². The predicted octanol–water partition coefficient (Wildman–Crippen LogP) is 3.87. The largest absolute Gasteiger partial charge is 0.462 e. The van der Waals surface area contributed by atoms with Crippen LogP contribution in [0.3, 0.4) is 0 Å². The van der Waals surface area contributed by atoms with Crippen molar-refractivity contribution in [3.8, 4) is 0 Å². The number of sulfone groups is 1. The Hall–Kier alpha value is -1.07. The molecule has 4 nitrogen and oxygen atoms in total. The van der Waals surface area contributed by atoms with Crippen LogP contribution in [0.15, 0.2) is 23.1 Å². The highest BCUT2D eigenvalue weighted by Crippen LogP contribution is 2.25. The van der Waals surface area contributed by atoms with E-state index in [4.69, 9.17) is 16.3 Å². The molecule has 0 saturated heterocycles. The van der Waals surface area contributed by atoms with E-state index >= 15 is 0 Å². The van der Waals surface area contributed by atoms with Crippen molar-refractivity contribution in [2.24, 2.45) is 0 Å². The molecule has 1 aromatic rings. The molecule has 0 unspecified atom stereocenters. The smallest absolute Gasteiger partial charge is 0.338 e. The summed E-state index contributed by atoms with van der Waals surface area (Å²) in [7, 11) is -3.47. The second-order valence-corrected chi connectivity index (χ2v) is 7.29. The number of unbranched alkanes of at least 4 members (excludes halogenated alkanes) is 2. The first-order valence-electron chi connectivity index (χ1n) is 7.11. The molecule has 0 aliphatic carbocycles. The highest BCUT2D eigenvalue weighted by molar-refractivity contribution is 7.91. The van der Waals surface area contributed by atoms with Crippen molar-refractivity contribution in [2.45, 2.75) is 44.4 Å². The van der Waals surface area contributed by atoms with Gasteiger partial charge in [-0.05, 0) is 31.0 Å². The summed E-state index contributed by atoms with van der Waals surface area (Å²) in [4.78, 5) is 11.9. The lowest BCUT2D eigenvalue weighted by Crippen LogP contribution is -2.11. The maximum Gasteiger partial charge on any atom is 0.338 e. The third-order valence-corrected chi connectivity index (χ3v) is 5.28. The summed E-state index contributed by atoms with van der Waals surface area (Å²) in [6, 6.07) is 4.22. The molecule has 118 valence electrons. The molecule has 0 aromatic heterocycles. The standard InChI is InChI=1S/C15H21ClO4S/c1-3-5-9-20-15(17)12-7-8-13(16)14(11-12)21(18,19)10-6-4-2/h7-8,11H,3-6,9-10H2,1-2H3. The van der Waals surface area contributed by atoms with Crippen molar-refractivity contribution in [2.75, 3.05) is 12.4 Å². The summed E-state index contributed by atoms with van der Waals surface area (Å²) in [6.07, 6.45) is 3.03. The first kappa shape index (κ1) is 18.0. The number of hydrogen-bond acceptors (Lipinski definition) is 4. The molecular formula is C15H21ClO4S. The molecule has 0 fully saturated rings. The second-order valence-electron chi connectivity index (χ2n) is 4.81. The molecule has 0 aliphatic rings. The van der Waals surface area contributed by atoms with E-state index < -0.39 is 15.8 Å². The van der Waals surface area contributed by atoms with E-state index in [1.54, 1.807) is 0 Å². The van der Waals surface area contributed by atoms with Gasteiger partial charge in [0.05, 0.1) is 27.8 Å². The first-order valence-corrected chi connectivity index (χ1v) is 9.14. The van der Waals surface area contributed by atoms with Gasteiger partial charge in [0.25, 0.3) is 0 Å². The summed E-state index contributed by atoms with van der Waals surface area (Å²) in [5, 5.41) is 0.135. The maximum absolute atomic E-state index is 12.2. The Morgan fingerprint density at radius 1 is 1.19 bits per heavy atom. The average molecular weight is 333 g/mol. The molecule has 1 rings (SSSR count). The van der Waals surface area contributed by atoms with Gasteiger partial charge in [-0.1, -0.05) is 38.3 Å². The van der Waals surface area contributed by atoms with Gasteiger partial charge < -0.3 is 4.74 Å². The Balaban J connectivity index is 2.97. The summed E-state index contributed by atoms with van der Waals surface area (Å²) in [6.45, 7) is 4.24. The molecule has 0 spiro atoms. The van der Waals surface area contributed by atoms with Crippen molar-refractivity contribution < 1.29 is 17.9 Å². The van der Waals surface area contributed by atoms with Gasteiger partial charge in [0.15, 0.2) is 9.84 Å². The highest BCUT2D eigenvalue weighted by Gasteiger charge is 2.20. The monoisotopic (exact) mass is 332 g/mol. The van der Waals surface area contributed by atoms with Crippen LogP contribution in [0.5, 0.6) is 0 Å². The lowest BCUT2D eigenvalue weighted by Gasteiger charge is -2.09. The Kier molecular flexibility index (Phi) is 7.18. The zero-order valence-electron chi connectivity index (χ0n) is 12.4. The molecule has 0 aliphatic heterocycles. The van der Waals surface area contributed by atoms with Crippen molar-refractivity contribution in [3.63, 3.8) is 0 Å². The summed E-state index contributed by atoms with van der Waals surface area (Å²) < 4.78 is 29.5. The van der Waals surface area contributed by atoms with E-state index in [0.29, 0.717) is 13.0 Å². The Morgan fingerprint density at radius 2 is 1.86 bits per heavy atom. The fourth-order valence-corrected chi connectivity index (χ4v) is 3.74. The minimum absolute atomic E-state index is 0.00237. The van der Waals surface area contributed by atoms with E-state index in [-0.39, 0.29) is 21.2 Å². The number of halogens is 1. The van der Waals surface area contributed by atoms with Gasteiger partial charge >= 0.3 is 5.97 Å². The van der Waals surface area contributed by atoms with Crippen molar-refractivity contribution in [1.29, 1.82) is 0 Å². The topological polar surface area (TPSA) is 60.4 Å². The van der Waals surface area contributed by atoms with E-state index in [0.717, 1.165) is 19.3 Å². The van der Waals surface area contributed by atoms with Gasteiger partial charge in [0.1, 0.15) is 0 Å². The number of rotatable bonds is 8. The van der Waals surface area contributed by atoms with Crippen molar-refractivity contribution in [1.82, 2.24) is 0 Å². The van der Waals surface area contributed by atoms with E-state index in [1.165, 1.54) is 18.2 Å². The lowest BCUT2D eigenvalue weighted by molar-refractivity contribution is 0.0499. The number of benzene rings is 1. The molecule has 6 heteroatoms. The van der Waals surface area contributed by atoms with Crippen molar-refractivity contribution >= 4 is 27.4 Å². The predicted molar refractivity (Wildman–Crippen MR) is 83.6 cm³/mol. The fourth-order valence-electron chi connectivity index (χ4n) is 1.71. The number of carbonyl (C=O) groups excluding carboxylic acids is 1. The lowest BCUT2D eigenvalue weighted by atomic mass is 10.2. The molecule has 21 heavy (non-hydrogen) atoms.